The van der Waals surface area contributed by atoms with Crippen molar-refractivity contribution in [3.8, 4) is 11.8 Å². The van der Waals surface area contributed by atoms with Crippen LogP contribution in [0.2, 0.25) is 0 Å². The van der Waals surface area contributed by atoms with Gasteiger partial charge in [0.05, 0.1) is 12.7 Å². The Morgan fingerprint density at radius 1 is 1.53 bits per heavy atom. The molecule has 1 aromatic carbocycles. The van der Waals surface area contributed by atoms with Gasteiger partial charge >= 0.3 is 0 Å². The van der Waals surface area contributed by atoms with Gasteiger partial charge < -0.3 is 9.53 Å². The summed E-state index contributed by atoms with van der Waals surface area (Å²) in [5.74, 6) is 0.547. The lowest BCUT2D eigenvalue weighted by molar-refractivity contribution is -0.107. The molecule has 0 aliphatic heterocycles. The Bertz CT molecular complexity index is 416. The minimum absolute atomic E-state index is 0.391. The summed E-state index contributed by atoms with van der Waals surface area (Å²) in [6, 6.07) is 7.30. The van der Waals surface area contributed by atoms with Crippen LogP contribution in [0.25, 0.3) is 6.08 Å². The van der Waals surface area contributed by atoms with Crippen molar-refractivity contribution in [2.45, 2.75) is 6.42 Å². The lowest BCUT2D eigenvalue weighted by Gasteiger charge is -2.02. The molecule has 0 fully saturated rings. The van der Waals surface area contributed by atoms with E-state index in [9.17, 15) is 4.79 Å². The second-order valence-electron chi connectivity index (χ2n) is 2.88. The second kappa shape index (κ2) is 5.61. The molecule has 76 valence electrons. The first-order valence-electron chi connectivity index (χ1n) is 4.50. The van der Waals surface area contributed by atoms with E-state index in [2.05, 4.69) is 0 Å². The molecule has 0 amide bonds. The average Bonchev–Trinajstić information content (AvgIpc) is 2.29. The van der Waals surface area contributed by atoms with Crippen molar-refractivity contribution in [1.82, 2.24) is 0 Å². The van der Waals surface area contributed by atoms with Gasteiger partial charge in [-0.15, -0.1) is 0 Å². The van der Waals surface area contributed by atoms with Crippen LogP contribution >= 0.6 is 0 Å². The van der Waals surface area contributed by atoms with Crippen molar-refractivity contribution in [2.24, 2.45) is 0 Å². The summed E-state index contributed by atoms with van der Waals surface area (Å²) in [6.45, 7) is 0. The monoisotopic (exact) mass is 201 g/mol. The summed E-state index contributed by atoms with van der Waals surface area (Å²) < 4.78 is 5.06. The number of nitrogens with zero attached hydrogens (tertiary/aromatic N) is 1. The van der Waals surface area contributed by atoms with E-state index in [1.54, 1.807) is 18.2 Å². The quantitative estimate of drug-likeness (QED) is 0.701. The highest BCUT2D eigenvalue weighted by Gasteiger charge is 2.01. The molecule has 3 nitrogen and oxygen atoms in total. The number of allylic oxidation sites excluding steroid dienone is 1. The SMILES string of the molecule is COc1cc(C=CCC=O)ccc1C#N. The highest BCUT2D eigenvalue weighted by Crippen LogP contribution is 2.19. The predicted molar refractivity (Wildman–Crippen MR) is 57.4 cm³/mol. The maximum atomic E-state index is 10.1. The Hall–Kier alpha value is -2.08. The van der Waals surface area contributed by atoms with E-state index in [1.807, 2.05) is 18.2 Å². The van der Waals surface area contributed by atoms with Crippen LogP contribution in [-0.4, -0.2) is 13.4 Å². The normalized spacial score (nSPS) is 9.87. The summed E-state index contributed by atoms with van der Waals surface area (Å²) in [7, 11) is 1.52. The lowest BCUT2D eigenvalue weighted by Crippen LogP contribution is -1.88. The molecule has 0 bridgehead atoms. The summed E-state index contributed by atoms with van der Waals surface area (Å²) in [5.41, 5.74) is 1.41. The zero-order valence-electron chi connectivity index (χ0n) is 8.43. The van der Waals surface area contributed by atoms with Gasteiger partial charge in [0.25, 0.3) is 0 Å². The fraction of sp³-hybridized carbons (Fsp3) is 0.167. The number of benzene rings is 1. The molecule has 0 saturated heterocycles. The van der Waals surface area contributed by atoms with Crippen molar-refractivity contribution in [3.05, 3.63) is 35.4 Å². The fourth-order valence-corrected chi connectivity index (χ4v) is 1.16. The molecule has 0 atom stereocenters. The van der Waals surface area contributed by atoms with Gasteiger partial charge in [0.15, 0.2) is 0 Å². The molecular formula is C12H11NO2. The third-order valence-corrected chi connectivity index (χ3v) is 1.89. The number of aldehydes is 1. The van der Waals surface area contributed by atoms with E-state index in [0.29, 0.717) is 17.7 Å². The van der Waals surface area contributed by atoms with E-state index >= 15 is 0 Å². The number of carbonyl (C=O) groups is 1. The second-order valence-corrected chi connectivity index (χ2v) is 2.88. The van der Waals surface area contributed by atoms with Gasteiger partial charge in [-0.2, -0.15) is 5.26 Å². The van der Waals surface area contributed by atoms with E-state index in [0.717, 1.165) is 11.8 Å². The van der Waals surface area contributed by atoms with E-state index in [-0.39, 0.29) is 0 Å². The molecule has 0 saturated carbocycles. The molecule has 3 heteroatoms. The smallest absolute Gasteiger partial charge is 0.137 e. The number of hydrogen-bond donors (Lipinski definition) is 0. The predicted octanol–water partition coefficient (Wildman–Crippen LogP) is 2.17. The minimum Gasteiger partial charge on any atom is -0.495 e. The molecule has 15 heavy (non-hydrogen) atoms. The number of hydrogen-bond acceptors (Lipinski definition) is 3. The summed E-state index contributed by atoms with van der Waals surface area (Å²) in [5, 5.41) is 8.76. The Kier molecular flexibility index (Phi) is 4.11. The summed E-state index contributed by atoms with van der Waals surface area (Å²) in [4.78, 5) is 10.1. The van der Waals surface area contributed by atoms with Crippen molar-refractivity contribution in [3.63, 3.8) is 0 Å². The first kappa shape index (κ1) is 11.0. The van der Waals surface area contributed by atoms with Crippen LogP contribution in [0.1, 0.15) is 17.5 Å². The fourth-order valence-electron chi connectivity index (χ4n) is 1.16. The zero-order valence-corrected chi connectivity index (χ0v) is 8.43. The molecule has 0 aliphatic carbocycles. The molecule has 0 N–H and O–H groups in total. The van der Waals surface area contributed by atoms with Gasteiger partial charge in [-0.25, -0.2) is 0 Å². The zero-order chi connectivity index (χ0) is 11.1. The Balaban J connectivity index is 2.94. The van der Waals surface area contributed by atoms with Crippen molar-refractivity contribution in [1.29, 1.82) is 5.26 Å². The van der Waals surface area contributed by atoms with Crippen LogP contribution in [0.4, 0.5) is 0 Å². The molecule has 1 aromatic rings. The maximum Gasteiger partial charge on any atom is 0.137 e. The molecule has 0 heterocycles. The number of ether oxygens (including phenoxy) is 1. The third-order valence-electron chi connectivity index (χ3n) is 1.89. The number of carbonyl (C=O) groups excluding carboxylic acids is 1. The largest absolute Gasteiger partial charge is 0.495 e. The van der Waals surface area contributed by atoms with Crippen LogP contribution in [0, 0.1) is 11.3 Å². The van der Waals surface area contributed by atoms with Crippen molar-refractivity contribution >= 4 is 12.4 Å². The van der Waals surface area contributed by atoms with Crippen molar-refractivity contribution in [2.75, 3.05) is 7.11 Å². The molecule has 0 unspecified atom stereocenters. The van der Waals surface area contributed by atoms with Crippen LogP contribution in [-0.2, 0) is 4.79 Å². The molecule has 0 aliphatic rings. The molecular weight excluding hydrogens is 190 g/mol. The number of rotatable bonds is 4. The molecule has 0 aromatic heterocycles. The molecule has 0 spiro atoms. The van der Waals surface area contributed by atoms with Crippen LogP contribution in [0.15, 0.2) is 24.3 Å². The lowest BCUT2D eigenvalue weighted by atomic mass is 10.1. The Morgan fingerprint density at radius 2 is 2.33 bits per heavy atom. The standard InChI is InChI=1S/C12H11NO2/c1-15-12-8-10(4-2-3-7-14)5-6-11(12)9-13/h2,4-8H,3H2,1H3. The van der Waals surface area contributed by atoms with Gasteiger partial charge in [0.1, 0.15) is 18.1 Å². The summed E-state index contributed by atoms with van der Waals surface area (Å²) in [6.07, 6.45) is 4.80. The molecule has 1 rings (SSSR count). The Labute approximate surface area is 88.6 Å². The topological polar surface area (TPSA) is 50.1 Å². The number of methoxy groups -OCH3 is 1. The van der Waals surface area contributed by atoms with Crippen LogP contribution in [0.3, 0.4) is 0 Å². The number of nitriles is 1. The molecule has 0 radical (unpaired) electrons. The van der Waals surface area contributed by atoms with Crippen LogP contribution in [0.5, 0.6) is 5.75 Å². The Morgan fingerprint density at radius 3 is 2.93 bits per heavy atom. The minimum atomic E-state index is 0.391. The average molecular weight is 201 g/mol. The van der Waals surface area contributed by atoms with E-state index < -0.39 is 0 Å². The van der Waals surface area contributed by atoms with Gasteiger partial charge in [0.2, 0.25) is 0 Å². The first-order chi connectivity index (χ1) is 7.31. The van der Waals surface area contributed by atoms with E-state index in [1.165, 1.54) is 7.11 Å². The third kappa shape index (κ3) is 2.96. The van der Waals surface area contributed by atoms with Crippen molar-refractivity contribution < 1.29 is 9.53 Å². The van der Waals surface area contributed by atoms with Gasteiger partial charge in [0, 0.05) is 6.42 Å². The van der Waals surface area contributed by atoms with Gasteiger partial charge in [-0.05, 0) is 17.7 Å². The maximum absolute atomic E-state index is 10.1. The van der Waals surface area contributed by atoms with Crippen LogP contribution < -0.4 is 4.74 Å². The van der Waals surface area contributed by atoms with Gasteiger partial charge in [-0.1, -0.05) is 18.2 Å². The highest BCUT2D eigenvalue weighted by atomic mass is 16.5. The first-order valence-corrected chi connectivity index (χ1v) is 4.50. The highest BCUT2D eigenvalue weighted by molar-refractivity contribution is 5.60. The van der Waals surface area contributed by atoms with Gasteiger partial charge in [-0.3, -0.25) is 0 Å². The van der Waals surface area contributed by atoms with E-state index in [4.69, 9.17) is 10.00 Å². The summed E-state index contributed by atoms with van der Waals surface area (Å²) >= 11 is 0.